The number of hydrogen-bond acceptors (Lipinski definition) is 1. The van der Waals surface area contributed by atoms with E-state index in [0.717, 1.165) is 12.8 Å². The second-order valence-electron chi connectivity index (χ2n) is 14.6. The van der Waals surface area contributed by atoms with Gasteiger partial charge in [0.05, 0.1) is 0 Å². The minimum atomic E-state index is -2.87. The number of rotatable bonds is 5. The fraction of sp³-hybridized carbons (Fsp3) is 0.233. The van der Waals surface area contributed by atoms with Crippen LogP contribution in [0.25, 0.3) is 16.7 Å². The van der Waals surface area contributed by atoms with Gasteiger partial charge in [0.2, 0.25) is 0 Å². The molecule has 7 rings (SSSR count). The van der Waals surface area contributed by atoms with Crippen molar-refractivity contribution in [3.8, 4) is 11.1 Å². The van der Waals surface area contributed by atoms with Crippen molar-refractivity contribution >= 4 is 23.4 Å². The molecular weight excluding hydrogens is 711 g/mol. The smallest absolute Gasteiger partial charge is 1.00 e. The molecule has 1 heterocycles. The summed E-state index contributed by atoms with van der Waals surface area (Å²) in [5.41, 5.74) is 14.6. The summed E-state index contributed by atoms with van der Waals surface area (Å²) >= 11 is -1.07. The number of thiophene rings is 1. The molecule has 0 spiro atoms. The van der Waals surface area contributed by atoms with E-state index in [-0.39, 0.29) is 35.6 Å². The van der Waals surface area contributed by atoms with Crippen LogP contribution in [0.5, 0.6) is 0 Å². The second-order valence-corrected chi connectivity index (χ2v) is 21.3. The summed E-state index contributed by atoms with van der Waals surface area (Å²) in [6, 6.07) is 37.5. The first-order valence-corrected chi connectivity index (χ1v) is 20.8. The Morgan fingerprint density at radius 2 is 1.30 bits per heavy atom. The first kappa shape index (κ1) is 35.7. The van der Waals surface area contributed by atoms with Gasteiger partial charge in [0.25, 0.3) is 0 Å². The van der Waals surface area contributed by atoms with Crippen molar-refractivity contribution in [2.75, 3.05) is 0 Å². The first-order chi connectivity index (χ1) is 21.6. The molecule has 0 atom stereocenters. The molecule has 0 radical (unpaired) electrons. The van der Waals surface area contributed by atoms with E-state index in [0.29, 0.717) is 0 Å². The van der Waals surface area contributed by atoms with E-state index >= 15 is 0 Å². The van der Waals surface area contributed by atoms with Crippen molar-refractivity contribution in [3.63, 3.8) is 0 Å². The molecule has 0 N–H and O–H groups in total. The van der Waals surface area contributed by atoms with Gasteiger partial charge >= 0.3 is 283 Å². The second kappa shape index (κ2) is 14.1. The van der Waals surface area contributed by atoms with Crippen LogP contribution in [0, 0.1) is 0 Å². The molecule has 2 aliphatic carbocycles. The van der Waals surface area contributed by atoms with Crippen LogP contribution in [0.15, 0.2) is 123 Å². The van der Waals surface area contributed by atoms with Gasteiger partial charge in [0, 0.05) is 0 Å². The van der Waals surface area contributed by atoms with E-state index in [1.165, 1.54) is 50.1 Å². The van der Waals surface area contributed by atoms with Gasteiger partial charge in [-0.05, 0) is 0 Å². The summed E-state index contributed by atoms with van der Waals surface area (Å²) in [4.78, 5) is 0. The standard InChI is InChI=1S/C21H25.C13H10.C9H7S.2ClH.Zr/c1-20(2,3)16-9-7-14-11-15-8-10-17(21(4,5)6)13-19(15)18(14)12-16;1-3-7-12(8-4-1)11-13-9-5-2-6-10-13;1-2-4-8(3-1)9-5-6-10-7-9;;;/h7,9-10,12-13H,11H2,1-6H3;1-10H;1,3,5-7H,2H2;2*1H;/q;;;;;+2/p-2. The molecule has 1 aromatic heterocycles. The third-order valence-electron chi connectivity index (χ3n) is 9.46. The maximum atomic E-state index is 2.66. The summed E-state index contributed by atoms with van der Waals surface area (Å²) in [6.07, 6.45) is 6.90. The maximum absolute atomic E-state index is 2.87. The number of hydrogen-bond donors (Lipinski definition) is 0. The molecule has 0 saturated carbocycles. The van der Waals surface area contributed by atoms with E-state index in [2.05, 4.69) is 162 Å². The minimum Gasteiger partial charge on any atom is -1.00 e. The fourth-order valence-electron chi connectivity index (χ4n) is 6.94. The summed E-state index contributed by atoms with van der Waals surface area (Å²) < 4.78 is 4.94. The minimum absolute atomic E-state index is 0. The fourth-order valence-corrected chi connectivity index (χ4v) is 16.1. The van der Waals surface area contributed by atoms with Gasteiger partial charge in [-0.15, -0.1) is 0 Å². The Morgan fingerprint density at radius 3 is 1.87 bits per heavy atom. The summed E-state index contributed by atoms with van der Waals surface area (Å²) in [7, 11) is 0. The zero-order valence-corrected chi connectivity index (χ0v) is 32.9. The number of benzene rings is 4. The molecule has 0 amide bonds. The molecule has 4 heteroatoms. The van der Waals surface area contributed by atoms with Gasteiger partial charge in [-0.25, -0.2) is 0 Å². The molecule has 5 aromatic rings. The van der Waals surface area contributed by atoms with Gasteiger partial charge in [0.15, 0.2) is 0 Å². The average Bonchev–Trinajstić information content (AvgIpc) is 3.79. The average molecular weight is 753 g/mol. The van der Waals surface area contributed by atoms with Crippen LogP contribution in [-0.4, -0.2) is 3.21 Å². The number of halogens is 2. The van der Waals surface area contributed by atoms with Crippen LogP contribution < -0.4 is 28.1 Å². The molecule has 4 aromatic carbocycles. The predicted octanol–water partition coefficient (Wildman–Crippen LogP) is 4.81. The molecule has 238 valence electrons. The van der Waals surface area contributed by atoms with Crippen molar-refractivity contribution in [2.24, 2.45) is 0 Å². The van der Waals surface area contributed by atoms with Crippen molar-refractivity contribution in [2.45, 2.75) is 65.2 Å². The van der Waals surface area contributed by atoms with Gasteiger partial charge in [0.1, 0.15) is 0 Å². The SMILES string of the molecule is CC(C)(C)c1ccc2c(c1)-c1cc(C(C)(C)C)c[c]([Zr+2]([C]3=C(c4ccsc4)C=CC3)=[C](c3ccccc3)c3ccccc3)c1C2.[Cl-].[Cl-]. The predicted molar refractivity (Wildman–Crippen MR) is 193 cm³/mol. The van der Waals surface area contributed by atoms with Crippen molar-refractivity contribution < 1.29 is 46.1 Å². The molecule has 2 aliphatic rings. The van der Waals surface area contributed by atoms with Crippen molar-refractivity contribution in [1.82, 2.24) is 0 Å². The third-order valence-corrected chi connectivity index (χ3v) is 17.9. The largest absolute Gasteiger partial charge is 1.00 e. The molecule has 0 fully saturated rings. The van der Waals surface area contributed by atoms with Crippen molar-refractivity contribution in [3.05, 3.63) is 162 Å². The summed E-state index contributed by atoms with van der Waals surface area (Å²) in [5, 5.41) is 4.58. The molecule has 0 nitrogen and oxygen atoms in total. The van der Waals surface area contributed by atoms with E-state index in [1.54, 1.807) is 26.7 Å². The monoisotopic (exact) mass is 750 g/mol. The normalized spacial score (nSPS) is 13.3. The topological polar surface area (TPSA) is 0 Å². The van der Waals surface area contributed by atoms with Crippen LogP contribution in [-0.2, 0) is 38.5 Å². The van der Waals surface area contributed by atoms with Crippen LogP contribution >= 0.6 is 11.3 Å². The summed E-state index contributed by atoms with van der Waals surface area (Å²) in [5.74, 6) is 0. The molecule has 0 bridgehead atoms. The van der Waals surface area contributed by atoms with E-state index < -0.39 is 21.3 Å². The Kier molecular flexibility index (Phi) is 10.7. The van der Waals surface area contributed by atoms with Gasteiger partial charge < -0.3 is 24.8 Å². The van der Waals surface area contributed by atoms with Gasteiger partial charge in [-0.2, -0.15) is 0 Å². The van der Waals surface area contributed by atoms with Crippen LogP contribution in [0.4, 0.5) is 0 Å². The Bertz CT molecular complexity index is 1940. The van der Waals surface area contributed by atoms with E-state index in [1.807, 2.05) is 0 Å². The Labute approximate surface area is 305 Å². The summed E-state index contributed by atoms with van der Waals surface area (Å²) in [6.45, 7) is 14.2. The number of allylic oxidation sites excluding steroid dienone is 4. The Morgan fingerprint density at radius 1 is 0.681 bits per heavy atom. The quantitative estimate of drug-likeness (QED) is 0.238. The van der Waals surface area contributed by atoms with Crippen LogP contribution in [0.1, 0.15) is 86.9 Å². The molecule has 47 heavy (non-hydrogen) atoms. The van der Waals surface area contributed by atoms with Gasteiger partial charge in [-0.3, -0.25) is 0 Å². The first-order valence-electron chi connectivity index (χ1n) is 16.2. The molecule has 0 unspecified atom stereocenters. The van der Waals surface area contributed by atoms with E-state index in [4.69, 9.17) is 0 Å². The van der Waals surface area contributed by atoms with Gasteiger partial charge in [-0.1, -0.05) is 0 Å². The van der Waals surface area contributed by atoms with Crippen LogP contribution in [0.2, 0.25) is 0 Å². The van der Waals surface area contributed by atoms with Crippen molar-refractivity contribution in [1.29, 1.82) is 0 Å². The maximum Gasteiger partial charge on any atom is -1.00 e. The Balaban J connectivity index is 0.00000217. The molecule has 0 saturated heterocycles. The number of fused-ring (bicyclic) bond motifs is 3. The van der Waals surface area contributed by atoms with E-state index in [9.17, 15) is 0 Å². The zero-order chi connectivity index (χ0) is 31.3. The molecular formula is C43H42Cl2SZr. The van der Waals surface area contributed by atoms with Crippen LogP contribution in [0.3, 0.4) is 0 Å². The Hall–Kier alpha value is -2.61. The zero-order valence-electron chi connectivity index (χ0n) is 28.1. The molecule has 0 aliphatic heterocycles. The third kappa shape index (κ3) is 6.95.